The minimum Gasteiger partial charge on any atom is -0.295 e. The summed E-state index contributed by atoms with van der Waals surface area (Å²) in [5, 5.41) is 10.0. The molecule has 136 valence electrons. The lowest BCUT2D eigenvalue weighted by Crippen LogP contribution is -2.29. The molecule has 3 aromatic rings. The number of nitrogens with zero attached hydrogens (tertiary/aromatic N) is 3. The summed E-state index contributed by atoms with van der Waals surface area (Å²) in [6, 6.07) is 12.0. The maximum Gasteiger partial charge on any atom is 0.258 e. The van der Waals surface area contributed by atoms with E-state index in [0.29, 0.717) is 5.02 Å². The number of carbonyl (C=O) groups is 2. The zero-order valence-electron chi connectivity index (χ0n) is 13.8. The van der Waals surface area contributed by atoms with Gasteiger partial charge in [-0.15, -0.1) is 5.10 Å². The highest BCUT2D eigenvalue weighted by Gasteiger charge is 2.29. The summed E-state index contributed by atoms with van der Waals surface area (Å²) in [5.74, 6) is -1.04. The van der Waals surface area contributed by atoms with Gasteiger partial charge in [-0.3, -0.25) is 20.2 Å². The van der Waals surface area contributed by atoms with Gasteiger partial charge in [-0.1, -0.05) is 29.8 Å². The molecule has 0 radical (unpaired) electrons. The first-order valence-electron chi connectivity index (χ1n) is 8.08. The zero-order valence-corrected chi connectivity index (χ0v) is 14.6. The van der Waals surface area contributed by atoms with Gasteiger partial charge in [-0.25, -0.2) is 9.07 Å². The van der Waals surface area contributed by atoms with Gasteiger partial charge in [0.05, 0.1) is 12.5 Å². The van der Waals surface area contributed by atoms with Crippen LogP contribution in [0.3, 0.4) is 0 Å². The molecule has 0 spiro atoms. The molecule has 1 aliphatic heterocycles. The minimum atomic E-state index is -0.549. The molecule has 2 amide bonds. The van der Waals surface area contributed by atoms with Crippen molar-refractivity contribution < 1.29 is 14.0 Å². The summed E-state index contributed by atoms with van der Waals surface area (Å²) in [6.45, 7) is 0. The minimum absolute atomic E-state index is 0.0143. The molecule has 0 saturated heterocycles. The Balaban J connectivity index is 1.63. The molecule has 1 aromatic heterocycles. The van der Waals surface area contributed by atoms with Crippen LogP contribution in [-0.4, -0.2) is 26.6 Å². The molecule has 0 aliphatic carbocycles. The number of nitrogens with one attached hydrogen (secondary N) is 2. The maximum absolute atomic E-state index is 13.3. The lowest BCUT2D eigenvalue weighted by atomic mass is 10.0. The Bertz CT molecular complexity index is 1030. The first-order chi connectivity index (χ1) is 13.0. The SMILES string of the molecule is O=C1C[C@@H](c2ccc(Cl)cc2)n2nc(NC(=O)c3cccc(F)c3)nc2N1. The Labute approximate surface area is 158 Å². The number of fused-ring (bicyclic) bond motifs is 1. The van der Waals surface area contributed by atoms with E-state index in [1.54, 1.807) is 12.1 Å². The number of anilines is 2. The summed E-state index contributed by atoms with van der Waals surface area (Å²) < 4.78 is 14.8. The van der Waals surface area contributed by atoms with E-state index in [2.05, 4.69) is 20.7 Å². The van der Waals surface area contributed by atoms with Gasteiger partial charge < -0.3 is 0 Å². The van der Waals surface area contributed by atoms with E-state index in [-0.39, 0.29) is 35.8 Å². The van der Waals surface area contributed by atoms with Crippen LogP contribution in [0.25, 0.3) is 0 Å². The molecule has 7 nitrogen and oxygen atoms in total. The first kappa shape index (κ1) is 17.2. The number of halogens is 2. The zero-order chi connectivity index (χ0) is 19.0. The van der Waals surface area contributed by atoms with Crippen LogP contribution in [0, 0.1) is 5.82 Å². The fourth-order valence-electron chi connectivity index (χ4n) is 2.86. The van der Waals surface area contributed by atoms with Crippen molar-refractivity contribution in [3.8, 4) is 0 Å². The quantitative estimate of drug-likeness (QED) is 0.724. The molecule has 27 heavy (non-hydrogen) atoms. The molecule has 1 aliphatic rings. The van der Waals surface area contributed by atoms with Gasteiger partial charge in [0.25, 0.3) is 11.9 Å². The van der Waals surface area contributed by atoms with Crippen molar-refractivity contribution in [2.45, 2.75) is 12.5 Å². The van der Waals surface area contributed by atoms with Gasteiger partial charge >= 0.3 is 0 Å². The molecular formula is C18H13ClFN5O2. The Hall–Kier alpha value is -3.26. The van der Waals surface area contributed by atoms with E-state index >= 15 is 0 Å². The fraction of sp³-hybridized carbons (Fsp3) is 0.111. The second kappa shape index (κ2) is 6.81. The average Bonchev–Trinajstić information content (AvgIpc) is 3.03. The van der Waals surface area contributed by atoms with Crippen molar-refractivity contribution in [1.82, 2.24) is 14.8 Å². The lowest BCUT2D eigenvalue weighted by molar-refractivity contribution is -0.117. The first-order valence-corrected chi connectivity index (χ1v) is 8.46. The second-order valence-corrected chi connectivity index (χ2v) is 6.42. The molecule has 9 heteroatoms. The summed E-state index contributed by atoms with van der Waals surface area (Å²) in [6.07, 6.45) is 0.176. The normalized spacial score (nSPS) is 15.8. The molecule has 4 rings (SSSR count). The van der Waals surface area contributed by atoms with E-state index in [9.17, 15) is 14.0 Å². The van der Waals surface area contributed by atoms with Gasteiger partial charge in [-0.2, -0.15) is 4.98 Å². The van der Waals surface area contributed by atoms with Crippen LogP contribution >= 0.6 is 11.6 Å². The van der Waals surface area contributed by atoms with Crippen LogP contribution in [0.5, 0.6) is 0 Å². The standard InChI is InChI=1S/C18H13ClFN5O2/c19-12-6-4-10(5-7-12)14-9-15(26)21-18-23-17(24-25(14)18)22-16(27)11-2-1-3-13(20)8-11/h1-8,14H,9H2,(H2,21,22,23,24,26,27)/t14-/m0/s1. The Morgan fingerprint density at radius 1 is 1.26 bits per heavy atom. The van der Waals surface area contributed by atoms with Gasteiger partial charge in [-0.05, 0) is 35.9 Å². The van der Waals surface area contributed by atoms with Crippen molar-refractivity contribution in [2.75, 3.05) is 10.6 Å². The van der Waals surface area contributed by atoms with Crippen LogP contribution in [0.1, 0.15) is 28.4 Å². The van der Waals surface area contributed by atoms with E-state index in [4.69, 9.17) is 11.6 Å². The molecule has 2 N–H and O–H groups in total. The third-order valence-corrected chi connectivity index (χ3v) is 4.38. The van der Waals surface area contributed by atoms with Crippen LogP contribution in [0.4, 0.5) is 16.3 Å². The summed E-state index contributed by atoms with van der Waals surface area (Å²) in [4.78, 5) is 28.4. The smallest absolute Gasteiger partial charge is 0.258 e. The second-order valence-electron chi connectivity index (χ2n) is 5.99. The number of carbonyl (C=O) groups excluding carboxylic acids is 2. The maximum atomic E-state index is 13.3. The Morgan fingerprint density at radius 2 is 2.04 bits per heavy atom. The molecule has 1 atom stereocenters. The van der Waals surface area contributed by atoms with E-state index in [1.807, 2.05) is 12.1 Å². The molecule has 2 heterocycles. The van der Waals surface area contributed by atoms with Crippen molar-refractivity contribution in [3.05, 3.63) is 70.5 Å². The number of benzene rings is 2. The number of hydrogen-bond acceptors (Lipinski definition) is 4. The number of hydrogen-bond donors (Lipinski definition) is 2. The topological polar surface area (TPSA) is 88.9 Å². The van der Waals surface area contributed by atoms with Crippen LogP contribution in [0.15, 0.2) is 48.5 Å². The van der Waals surface area contributed by atoms with Crippen molar-refractivity contribution >= 4 is 35.3 Å². The van der Waals surface area contributed by atoms with Gasteiger partial charge in [0.1, 0.15) is 5.82 Å². The third-order valence-electron chi connectivity index (χ3n) is 4.12. The third kappa shape index (κ3) is 3.52. The van der Waals surface area contributed by atoms with Crippen molar-refractivity contribution in [2.24, 2.45) is 0 Å². The summed E-state index contributed by atoms with van der Waals surface area (Å²) in [5.41, 5.74) is 0.976. The van der Waals surface area contributed by atoms with Crippen molar-refractivity contribution in [3.63, 3.8) is 0 Å². The predicted molar refractivity (Wildman–Crippen MR) is 97.2 cm³/mol. The Kier molecular flexibility index (Phi) is 4.33. The van der Waals surface area contributed by atoms with Crippen LogP contribution < -0.4 is 10.6 Å². The van der Waals surface area contributed by atoms with E-state index in [1.165, 1.54) is 22.9 Å². The highest BCUT2D eigenvalue weighted by atomic mass is 35.5. The molecular weight excluding hydrogens is 373 g/mol. The van der Waals surface area contributed by atoms with Gasteiger partial charge in [0.2, 0.25) is 11.9 Å². The van der Waals surface area contributed by atoms with Gasteiger partial charge in [0.15, 0.2) is 0 Å². The molecule has 0 saturated carbocycles. The monoisotopic (exact) mass is 385 g/mol. The Morgan fingerprint density at radius 3 is 2.78 bits per heavy atom. The lowest BCUT2D eigenvalue weighted by Gasteiger charge is -2.23. The molecule has 0 bridgehead atoms. The van der Waals surface area contributed by atoms with Crippen molar-refractivity contribution in [1.29, 1.82) is 0 Å². The number of rotatable bonds is 3. The average molecular weight is 386 g/mol. The summed E-state index contributed by atoms with van der Waals surface area (Å²) in [7, 11) is 0. The van der Waals surface area contributed by atoms with E-state index < -0.39 is 11.7 Å². The van der Waals surface area contributed by atoms with Crippen LogP contribution in [-0.2, 0) is 4.79 Å². The van der Waals surface area contributed by atoms with Gasteiger partial charge in [0, 0.05) is 10.6 Å². The largest absolute Gasteiger partial charge is 0.295 e. The number of aromatic nitrogens is 3. The molecule has 0 unspecified atom stereocenters. The predicted octanol–water partition coefficient (Wildman–Crippen LogP) is 3.25. The molecule has 2 aromatic carbocycles. The van der Waals surface area contributed by atoms with E-state index in [0.717, 1.165) is 11.6 Å². The summed E-state index contributed by atoms with van der Waals surface area (Å²) >= 11 is 5.92. The number of amides is 2. The molecule has 0 fully saturated rings. The highest BCUT2D eigenvalue weighted by molar-refractivity contribution is 6.30. The fourth-order valence-corrected chi connectivity index (χ4v) is 2.99. The van der Waals surface area contributed by atoms with Crippen LogP contribution in [0.2, 0.25) is 5.02 Å². The highest BCUT2D eigenvalue weighted by Crippen LogP contribution is 2.30.